The van der Waals surface area contributed by atoms with Gasteiger partial charge in [0.1, 0.15) is 0 Å². The Kier molecular flexibility index (Phi) is 5.36. The monoisotopic (exact) mass is 309 g/mol. The molecule has 0 heterocycles. The lowest BCUT2D eigenvalue weighted by atomic mass is 9.98. The standard InChI is InChI=1S/C17H31N3S/c1-3-18-17(20-14-8-9-15(10-14)21-2)19-11-16(12-4-5-12)13-6-7-13/h12-16H,3-11H2,1-2H3,(H2,18,19,20). The van der Waals surface area contributed by atoms with Crippen LogP contribution in [0.2, 0.25) is 0 Å². The maximum atomic E-state index is 4.94. The van der Waals surface area contributed by atoms with Crippen molar-refractivity contribution in [2.24, 2.45) is 22.7 Å². The van der Waals surface area contributed by atoms with E-state index in [1.165, 1.54) is 44.9 Å². The van der Waals surface area contributed by atoms with Gasteiger partial charge in [-0.2, -0.15) is 11.8 Å². The van der Waals surface area contributed by atoms with Crippen LogP contribution in [0.25, 0.3) is 0 Å². The second-order valence-corrected chi connectivity index (χ2v) is 8.21. The first kappa shape index (κ1) is 15.5. The molecule has 21 heavy (non-hydrogen) atoms. The van der Waals surface area contributed by atoms with Gasteiger partial charge in [0.25, 0.3) is 0 Å². The smallest absolute Gasteiger partial charge is 0.191 e. The van der Waals surface area contributed by atoms with Crippen LogP contribution in [-0.4, -0.2) is 36.6 Å². The normalized spacial score (nSPS) is 30.0. The highest BCUT2D eigenvalue weighted by Gasteiger charge is 2.41. The van der Waals surface area contributed by atoms with Crippen molar-refractivity contribution in [3.63, 3.8) is 0 Å². The van der Waals surface area contributed by atoms with E-state index in [1.807, 2.05) is 11.8 Å². The number of guanidine groups is 1. The van der Waals surface area contributed by atoms with Crippen molar-refractivity contribution in [2.45, 2.75) is 63.2 Å². The zero-order valence-corrected chi connectivity index (χ0v) is 14.4. The van der Waals surface area contributed by atoms with E-state index >= 15 is 0 Å². The molecule has 0 aromatic heterocycles. The summed E-state index contributed by atoms with van der Waals surface area (Å²) in [7, 11) is 0. The van der Waals surface area contributed by atoms with Crippen LogP contribution in [0.15, 0.2) is 4.99 Å². The Hall–Kier alpha value is -0.380. The van der Waals surface area contributed by atoms with Crippen molar-refractivity contribution in [3.05, 3.63) is 0 Å². The molecule has 0 bridgehead atoms. The van der Waals surface area contributed by atoms with Crippen LogP contribution in [0.3, 0.4) is 0 Å². The highest BCUT2D eigenvalue weighted by atomic mass is 32.2. The Balaban J connectivity index is 1.51. The van der Waals surface area contributed by atoms with E-state index in [1.54, 1.807) is 0 Å². The SMILES string of the molecule is CCNC(=NCC(C1CC1)C1CC1)NC1CCC(SC)C1. The highest BCUT2D eigenvalue weighted by Crippen LogP contribution is 2.49. The quantitative estimate of drug-likeness (QED) is 0.560. The maximum absolute atomic E-state index is 4.94. The van der Waals surface area contributed by atoms with E-state index in [-0.39, 0.29) is 0 Å². The van der Waals surface area contributed by atoms with Gasteiger partial charge in [-0.3, -0.25) is 4.99 Å². The van der Waals surface area contributed by atoms with Gasteiger partial charge in [-0.1, -0.05) is 0 Å². The van der Waals surface area contributed by atoms with Gasteiger partial charge in [0, 0.05) is 24.4 Å². The number of hydrogen-bond donors (Lipinski definition) is 2. The molecule has 4 heteroatoms. The summed E-state index contributed by atoms with van der Waals surface area (Å²) in [4.78, 5) is 4.94. The summed E-state index contributed by atoms with van der Waals surface area (Å²) < 4.78 is 0. The molecule has 0 aliphatic heterocycles. The van der Waals surface area contributed by atoms with Gasteiger partial charge in [0.15, 0.2) is 5.96 Å². The van der Waals surface area contributed by atoms with Crippen LogP contribution in [-0.2, 0) is 0 Å². The summed E-state index contributed by atoms with van der Waals surface area (Å²) in [5.74, 6) is 3.94. The number of aliphatic imine (C=N–C) groups is 1. The molecule has 0 spiro atoms. The van der Waals surface area contributed by atoms with Gasteiger partial charge >= 0.3 is 0 Å². The molecule has 3 fully saturated rings. The number of nitrogens with one attached hydrogen (secondary N) is 2. The minimum absolute atomic E-state index is 0.626. The molecule has 3 aliphatic carbocycles. The van der Waals surface area contributed by atoms with E-state index < -0.39 is 0 Å². The topological polar surface area (TPSA) is 36.4 Å². The molecule has 0 aromatic rings. The number of thioether (sulfide) groups is 1. The first-order valence-electron chi connectivity index (χ1n) is 8.87. The molecule has 3 saturated carbocycles. The molecular formula is C17H31N3S. The van der Waals surface area contributed by atoms with Crippen molar-refractivity contribution >= 4 is 17.7 Å². The Morgan fingerprint density at radius 3 is 2.38 bits per heavy atom. The summed E-state index contributed by atoms with van der Waals surface area (Å²) in [5, 5.41) is 7.97. The van der Waals surface area contributed by atoms with Crippen LogP contribution in [0.1, 0.15) is 51.9 Å². The molecule has 3 nitrogen and oxygen atoms in total. The number of rotatable bonds is 7. The third kappa shape index (κ3) is 4.54. The average molecular weight is 310 g/mol. The fourth-order valence-electron chi connectivity index (χ4n) is 3.73. The van der Waals surface area contributed by atoms with Gasteiger partial charge in [-0.15, -0.1) is 0 Å². The molecule has 120 valence electrons. The number of hydrogen-bond acceptors (Lipinski definition) is 2. The fourth-order valence-corrected chi connectivity index (χ4v) is 4.52. The lowest BCUT2D eigenvalue weighted by molar-refractivity contribution is 0.416. The molecule has 2 unspecified atom stereocenters. The summed E-state index contributed by atoms with van der Waals surface area (Å²) in [6.45, 7) is 4.17. The van der Waals surface area contributed by atoms with E-state index in [0.717, 1.165) is 42.1 Å². The summed E-state index contributed by atoms with van der Waals surface area (Å²) in [6.07, 6.45) is 12.0. The van der Waals surface area contributed by atoms with Gasteiger partial charge in [-0.25, -0.2) is 0 Å². The second-order valence-electron chi connectivity index (χ2n) is 7.07. The zero-order valence-electron chi connectivity index (χ0n) is 13.6. The third-order valence-corrected chi connectivity index (χ3v) is 6.41. The van der Waals surface area contributed by atoms with Crippen LogP contribution in [0.4, 0.5) is 0 Å². The van der Waals surface area contributed by atoms with E-state index in [0.29, 0.717) is 6.04 Å². The summed E-state index contributed by atoms with van der Waals surface area (Å²) in [6, 6.07) is 0.626. The molecule has 2 atom stereocenters. The second kappa shape index (κ2) is 7.26. The van der Waals surface area contributed by atoms with Gasteiger partial charge < -0.3 is 10.6 Å². The van der Waals surface area contributed by atoms with Crippen molar-refractivity contribution in [3.8, 4) is 0 Å². The number of nitrogens with zero attached hydrogens (tertiary/aromatic N) is 1. The zero-order chi connectivity index (χ0) is 14.7. The molecule has 3 rings (SSSR count). The van der Waals surface area contributed by atoms with Crippen LogP contribution < -0.4 is 10.6 Å². The molecule has 0 amide bonds. The van der Waals surface area contributed by atoms with E-state index in [2.05, 4.69) is 23.8 Å². The summed E-state index contributed by atoms with van der Waals surface area (Å²) in [5.41, 5.74) is 0. The fraction of sp³-hybridized carbons (Fsp3) is 0.941. The lowest BCUT2D eigenvalue weighted by Crippen LogP contribution is -2.43. The molecule has 3 aliphatic rings. The predicted molar refractivity (Wildman–Crippen MR) is 93.0 cm³/mol. The van der Waals surface area contributed by atoms with Crippen molar-refractivity contribution in [1.82, 2.24) is 10.6 Å². The van der Waals surface area contributed by atoms with Crippen LogP contribution >= 0.6 is 11.8 Å². The van der Waals surface area contributed by atoms with Crippen LogP contribution in [0.5, 0.6) is 0 Å². The predicted octanol–water partition coefficient (Wildman–Crippen LogP) is 3.26. The van der Waals surface area contributed by atoms with Gasteiger partial charge in [0.2, 0.25) is 0 Å². The molecule has 0 radical (unpaired) electrons. The Labute approximate surface area is 134 Å². The Morgan fingerprint density at radius 2 is 1.86 bits per heavy atom. The molecular weight excluding hydrogens is 278 g/mol. The minimum atomic E-state index is 0.626. The van der Waals surface area contributed by atoms with Crippen molar-refractivity contribution < 1.29 is 0 Å². The van der Waals surface area contributed by atoms with Crippen molar-refractivity contribution in [2.75, 3.05) is 19.3 Å². The summed E-state index contributed by atoms with van der Waals surface area (Å²) >= 11 is 2.02. The molecule has 2 N–H and O–H groups in total. The first-order valence-corrected chi connectivity index (χ1v) is 10.2. The van der Waals surface area contributed by atoms with E-state index in [4.69, 9.17) is 4.99 Å². The highest BCUT2D eigenvalue weighted by molar-refractivity contribution is 7.99. The Morgan fingerprint density at radius 1 is 1.14 bits per heavy atom. The van der Waals surface area contributed by atoms with Crippen molar-refractivity contribution in [1.29, 1.82) is 0 Å². The molecule has 0 aromatic carbocycles. The minimum Gasteiger partial charge on any atom is -0.357 e. The third-order valence-electron chi connectivity index (χ3n) is 5.32. The van der Waals surface area contributed by atoms with E-state index in [9.17, 15) is 0 Å². The maximum Gasteiger partial charge on any atom is 0.191 e. The largest absolute Gasteiger partial charge is 0.357 e. The van der Waals surface area contributed by atoms with Gasteiger partial charge in [-0.05, 0) is 75.9 Å². The first-order chi connectivity index (χ1) is 10.3. The Bertz CT molecular complexity index is 351. The average Bonchev–Trinajstić information content (AvgIpc) is 3.40. The lowest BCUT2D eigenvalue weighted by Gasteiger charge is -2.19. The molecule has 0 saturated heterocycles. The van der Waals surface area contributed by atoms with Gasteiger partial charge in [0.05, 0.1) is 0 Å². The van der Waals surface area contributed by atoms with Crippen LogP contribution in [0, 0.1) is 17.8 Å².